The van der Waals surface area contributed by atoms with Crippen LogP contribution in [0.5, 0.6) is 0 Å². The van der Waals surface area contributed by atoms with Crippen molar-refractivity contribution in [1.82, 2.24) is 10.2 Å². The van der Waals surface area contributed by atoms with E-state index < -0.39 is 0 Å². The molecule has 2 rings (SSSR count). The molecule has 1 aliphatic rings. The summed E-state index contributed by atoms with van der Waals surface area (Å²) in [5, 5.41) is 3.53. The molecule has 3 heteroatoms. The number of ether oxygens (including phenoxy) is 1. The van der Waals surface area contributed by atoms with Crippen molar-refractivity contribution in [3.05, 3.63) is 35.4 Å². The van der Waals surface area contributed by atoms with Crippen LogP contribution in [0.25, 0.3) is 0 Å². The number of benzene rings is 1. The molecule has 0 aliphatic carbocycles. The zero-order valence-corrected chi connectivity index (χ0v) is 12.2. The van der Waals surface area contributed by atoms with Crippen LogP contribution in [0.1, 0.15) is 31.1 Å². The van der Waals surface area contributed by atoms with Crippen molar-refractivity contribution in [2.45, 2.75) is 26.4 Å². The Balaban J connectivity index is 1.78. The van der Waals surface area contributed by atoms with Crippen molar-refractivity contribution in [2.75, 3.05) is 39.3 Å². The minimum absolute atomic E-state index is 0.224. The molecule has 0 spiro atoms. The largest absolute Gasteiger partial charge is 0.372 e. The van der Waals surface area contributed by atoms with Crippen molar-refractivity contribution >= 4 is 0 Å². The lowest BCUT2D eigenvalue weighted by molar-refractivity contribution is 0.0423. The van der Waals surface area contributed by atoms with Gasteiger partial charge in [-0.05, 0) is 30.6 Å². The van der Waals surface area contributed by atoms with Gasteiger partial charge in [-0.1, -0.05) is 38.1 Å². The van der Waals surface area contributed by atoms with Gasteiger partial charge in [-0.3, -0.25) is 0 Å². The van der Waals surface area contributed by atoms with Crippen LogP contribution in [-0.4, -0.2) is 44.2 Å². The van der Waals surface area contributed by atoms with E-state index in [1.807, 2.05) is 0 Å². The summed E-state index contributed by atoms with van der Waals surface area (Å²) < 4.78 is 5.89. The van der Waals surface area contributed by atoms with E-state index in [9.17, 15) is 0 Å². The monoisotopic (exact) mass is 262 g/mol. The zero-order chi connectivity index (χ0) is 13.5. The molecule has 1 atom stereocenters. The molecular formula is C16H26N2O. The summed E-state index contributed by atoms with van der Waals surface area (Å²) in [7, 11) is 0. The van der Waals surface area contributed by atoms with E-state index in [1.54, 1.807) is 0 Å². The van der Waals surface area contributed by atoms with Crippen molar-refractivity contribution < 1.29 is 4.74 Å². The highest BCUT2D eigenvalue weighted by molar-refractivity contribution is 5.31. The van der Waals surface area contributed by atoms with Gasteiger partial charge in [0.25, 0.3) is 0 Å². The Morgan fingerprint density at radius 3 is 2.84 bits per heavy atom. The van der Waals surface area contributed by atoms with Gasteiger partial charge in [-0.25, -0.2) is 0 Å². The first-order valence-corrected chi connectivity index (χ1v) is 7.47. The smallest absolute Gasteiger partial charge is 0.0952 e. The summed E-state index contributed by atoms with van der Waals surface area (Å²) in [5.41, 5.74) is 2.81. The second-order valence-electron chi connectivity index (χ2n) is 5.04. The van der Waals surface area contributed by atoms with E-state index in [4.69, 9.17) is 4.74 Å². The minimum Gasteiger partial charge on any atom is -0.372 e. The highest BCUT2D eigenvalue weighted by atomic mass is 16.5. The summed E-state index contributed by atoms with van der Waals surface area (Å²) in [4.78, 5) is 2.43. The molecule has 1 N–H and O–H groups in total. The molecule has 3 nitrogen and oxygen atoms in total. The average Bonchev–Trinajstić information content (AvgIpc) is 2.47. The first-order valence-electron chi connectivity index (χ1n) is 7.47. The van der Waals surface area contributed by atoms with E-state index in [0.717, 1.165) is 45.8 Å². The second kappa shape index (κ2) is 7.63. The van der Waals surface area contributed by atoms with Gasteiger partial charge >= 0.3 is 0 Å². The standard InChI is InChI=1S/C16H26N2O/c1-3-18(4-2)11-10-17-13-16-15-8-6-5-7-14(15)9-12-19-16/h5-8,16-17H,3-4,9-13H2,1-2H3. The minimum atomic E-state index is 0.224. The van der Waals surface area contributed by atoms with Gasteiger partial charge in [0.1, 0.15) is 0 Å². The average molecular weight is 262 g/mol. The van der Waals surface area contributed by atoms with Crippen molar-refractivity contribution in [1.29, 1.82) is 0 Å². The van der Waals surface area contributed by atoms with Gasteiger partial charge < -0.3 is 15.0 Å². The summed E-state index contributed by atoms with van der Waals surface area (Å²) in [6, 6.07) is 8.65. The number of hydrogen-bond donors (Lipinski definition) is 1. The summed E-state index contributed by atoms with van der Waals surface area (Å²) >= 11 is 0. The van der Waals surface area contributed by atoms with E-state index in [-0.39, 0.29) is 6.10 Å². The Bertz CT molecular complexity index is 377. The lowest BCUT2D eigenvalue weighted by Gasteiger charge is -2.27. The molecule has 0 bridgehead atoms. The highest BCUT2D eigenvalue weighted by Gasteiger charge is 2.19. The van der Waals surface area contributed by atoms with Gasteiger partial charge in [0.2, 0.25) is 0 Å². The van der Waals surface area contributed by atoms with Crippen molar-refractivity contribution in [3.8, 4) is 0 Å². The van der Waals surface area contributed by atoms with E-state index >= 15 is 0 Å². The van der Waals surface area contributed by atoms with Crippen LogP contribution in [0.15, 0.2) is 24.3 Å². The molecule has 0 saturated heterocycles. The Morgan fingerprint density at radius 1 is 1.26 bits per heavy atom. The van der Waals surface area contributed by atoms with Crippen LogP contribution in [-0.2, 0) is 11.2 Å². The Hall–Kier alpha value is -0.900. The quantitative estimate of drug-likeness (QED) is 0.763. The molecule has 1 heterocycles. The highest BCUT2D eigenvalue weighted by Crippen LogP contribution is 2.25. The molecule has 1 aromatic carbocycles. The molecular weight excluding hydrogens is 236 g/mol. The summed E-state index contributed by atoms with van der Waals surface area (Å²) in [6.07, 6.45) is 1.27. The third kappa shape index (κ3) is 4.03. The normalized spacial score (nSPS) is 18.6. The summed E-state index contributed by atoms with van der Waals surface area (Å²) in [6.45, 7) is 10.6. The SMILES string of the molecule is CCN(CC)CCNCC1OCCc2ccccc21. The second-order valence-corrected chi connectivity index (χ2v) is 5.04. The third-order valence-corrected chi connectivity index (χ3v) is 3.92. The van der Waals surface area contributed by atoms with Crippen molar-refractivity contribution in [3.63, 3.8) is 0 Å². The fourth-order valence-corrected chi connectivity index (χ4v) is 2.66. The molecule has 0 saturated carbocycles. The molecule has 0 amide bonds. The number of likely N-dealkylation sites (N-methyl/N-ethyl adjacent to an activating group) is 1. The lowest BCUT2D eigenvalue weighted by Crippen LogP contribution is -2.35. The Morgan fingerprint density at radius 2 is 2.05 bits per heavy atom. The molecule has 0 aromatic heterocycles. The van der Waals surface area contributed by atoms with Crippen molar-refractivity contribution in [2.24, 2.45) is 0 Å². The maximum Gasteiger partial charge on any atom is 0.0952 e. The zero-order valence-electron chi connectivity index (χ0n) is 12.2. The molecule has 0 radical (unpaired) electrons. The molecule has 1 unspecified atom stereocenters. The van der Waals surface area contributed by atoms with E-state index in [2.05, 4.69) is 48.3 Å². The van der Waals surface area contributed by atoms with Crippen LogP contribution >= 0.6 is 0 Å². The lowest BCUT2D eigenvalue weighted by atomic mass is 9.97. The molecule has 0 fully saturated rings. The maximum atomic E-state index is 5.89. The summed E-state index contributed by atoms with van der Waals surface area (Å²) in [5.74, 6) is 0. The first kappa shape index (κ1) is 14.5. The van der Waals surface area contributed by atoms with Gasteiger partial charge in [0.15, 0.2) is 0 Å². The van der Waals surface area contributed by atoms with Crippen LogP contribution in [0.2, 0.25) is 0 Å². The number of hydrogen-bond acceptors (Lipinski definition) is 3. The molecule has 1 aliphatic heterocycles. The van der Waals surface area contributed by atoms with Gasteiger partial charge in [0, 0.05) is 19.6 Å². The van der Waals surface area contributed by atoms with Crippen LogP contribution in [0.3, 0.4) is 0 Å². The van der Waals surface area contributed by atoms with E-state index in [0.29, 0.717) is 0 Å². The molecule has 106 valence electrons. The Labute approximate surface area is 116 Å². The number of nitrogens with one attached hydrogen (secondary N) is 1. The van der Waals surface area contributed by atoms with Gasteiger partial charge in [0.05, 0.1) is 12.7 Å². The number of nitrogens with zero attached hydrogens (tertiary/aromatic N) is 1. The van der Waals surface area contributed by atoms with E-state index in [1.165, 1.54) is 11.1 Å². The number of rotatable bonds is 7. The predicted octanol–water partition coefficient (Wildman–Crippen LogP) is 2.23. The first-order chi connectivity index (χ1) is 9.35. The van der Waals surface area contributed by atoms with Crippen LogP contribution < -0.4 is 5.32 Å². The predicted molar refractivity (Wildman–Crippen MR) is 79.5 cm³/mol. The molecule has 1 aromatic rings. The van der Waals surface area contributed by atoms with Gasteiger partial charge in [-0.2, -0.15) is 0 Å². The number of fused-ring (bicyclic) bond motifs is 1. The molecule has 19 heavy (non-hydrogen) atoms. The topological polar surface area (TPSA) is 24.5 Å². The Kier molecular flexibility index (Phi) is 5.83. The van der Waals surface area contributed by atoms with Crippen LogP contribution in [0, 0.1) is 0 Å². The fourth-order valence-electron chi connectivity index (χ4n) is 2.66. The maximum absolute atomic E-state index is 5.89. The third-order valence-electron chi connectivity index (χ3n) is 3.92. The van der Waals surface area contributed by atoms with Crippen LogP contribution in [0.4, 0.5) is 0 Å². The fraction of sp³-hybridized carbons (Fsp3) is 0.625. The van der Waals surface area contributed by atoms with Gasteiger partial charge in [-0.15, -0.1) is 0 Å².